The van der Waals surface area contributed by atoms with E-state index in [1.807, 2.05) is 12.4 Å². The highest BCUT2D eigenvalue weighted by molar-refractivity contribution is 6.18. The maximum Gasteiger partial charge on any atom is 0.244 e. The molecule has 2 nitrogen and oxygen atoms in total. The van der Waals surface area contributed by atoms with Gasteiger partial charge in [0.25, 0.3) is 0 Å². The normalized spacial score (nSPS) is 14.6. The summed E-state index contributed by atoms with van der Waals surface area (Å²) in [6, 6.07) is 11.1. The number of hydrogen-bond donors (Lipinski definition) is 0. The van der Waals surface area contributed by atoms with E-state index in [2.05, 4.69) is 44.2 Å². The Labute approximate surface area is 224 Å². The third-order valence-corrected chi connectivity index (χ3v) is 8.02. The molecular formula is C34H57N2+. The molecule has 0 aliphatic carbocycles. The highest BCUT2D eigenvalue weighted by Crippen LogP contribution is 2.37. The Kier molecular flexibility index (Phi) is 18.3. The maximum absolute atomic E-state index is 4.72. The van der Waals surface area contributed by atoms with E-state index in [4.69, 9.17) is 9.98 Å². The molecule has 2 heteroatoms. The van der Waals surface area contributed by atoms with E-state index < -0.39 is 0 Å². The number of hydrogen-bond acceptors (Lipinski definition) is 2. The van der Waals surface area contributed by atoms with Gasteiger partial charge < -0.3 is 0 Å². The van der Waals surface area contributed by atoms with Crippen molar-refractivity contribution in [2.75, 3.05) is 0 Å². The van der Waals surface area contributed by atoms with Crippen LogP contribution in [-0.2, 0) is 6.42 Å². The number of aliphatic imine (C=N–C) groups is 2. The van der Waals surface area contributed by atoms with Gasteiger partial charge in [-0.05, 0) is 30.7 Å². The zero-order chi connectivity index (χ0) is 25.5. The molecular weight excluding hydrogens is 436 g/mol. The second-order valence-electron chi connectivity index (χ2n) is 11.2. The van der Waals surface area contributed by atoms with E-state index in [1.54, 1.807) is 0 Å². The summed E-state index contributed by atoms with van der Waals surface area (Å²) in [5, 5.41) is 0. The van der Waals surface area contributed by atoms with Gasteiger partial charge in [0.15, 0.2) is 12.4 Å². The highest BCUT2D eigenvalue weighted by Gasteiger charge is 2.35. The van der Waals surface area contributed by atoms with Crippen molar-refractivity contribution in [1.82, 2.24) is 0 Å². The van der Waals surface area contributed by atoms with Crippen LogP contribution >= 0.6 is 0 Å². The fraction of sp³-hybridized carbons (Fsp3) is 0.735. The molecule has 1 aromatic carbocycles. The van der Waals surface area contributed by atoms with Gasteiger partial charge in [0.05, 0.1) is 5.92 Å². The van der Waals surface area contributed by atoms with E-state index in [0.717, 1.165) is 12.6 Å². The first kappa shape index (κ1) is 30.7. The predicted molar refractivity (Wildman–Crippen MR) is 161 cm³/mol. The topological polar surface area (TPSA) is 24.7 Å². The Hall–Kier alpha value is -1.57. The van der Waals surface area contributed by atoms with Crippen LogP contribution in [0, 0.1) is 18.0 Å². The Morgan fingerprint density at radius 1 is 0.556 bits per heavy atom. The van der Waals surface area contributed by atoms with Gasteiger partial charge in [0.1, 0.15) is 0 Å². The zero-order valence-corrected chi connectivity index (χ0v) is 23.9. The van der Waals surface area contributed by atoms with Crippen LogP contribution in [0.15, 0.2) is 40.3 Å². The minimum absolute atomic E-state index is 0.499. The second-order valence-corrected chi connectivity index (χ2v) is 11.2. The predicted octanol–water partition coefficient (Wildman–Crippen LogP) is 10.9. The van der Waals surface area contributed by atoms with Crippen LogP contribution < -0.4 is 0 Å². The van der Waals surface area contributed by atoms with Gasteiger partial charge >= 0.3 is 0 Å². The average molecular weight is 494 g/mol. The lowest BCUT2D eigenvalue weighted by Gasteiger charge is -2.26. The lowest BCUT2D eigenvalue weighted by molar-refractivity contribution is 0.284. The third kappa shape index (κ3) is 14.2. The summed E-state index contributed by atoms with van der Waals surface area (Å²) in [5.41, 5.74) is 1.47. The average Bonchev–Trinajstić information content (AvgIpc) is 3.44. The number of benzene rings is 1. The summed E-state index contributed by atoms with van der Waals surface area (Å²) in [5.74, 6) is 1.15. The molecule has 1 aliphatic rings. The Balaban J connectivity index is 1.81. The molecule has 1 aromatic rings. The summed E-state index contributed by atoms with van der Waals surface area (Å²) >= 11 is 0. The molecule has 0 fully saturated rings. The van der Waals surface area contributed by atoms with Crippen molar-refractivity contribution in [1.29, 1.82) is 0 Å². The van der Waals surface area contributed by atoms with E-state index >= 15 is 0 Å². The summed E-state index contributed by atoms with van der Waals surface area (Å²) in [6.07, 6.45) is 33.7. The molecule has 2 unspecified atom stereocenters. The van der Waals surface area contributed by atoms with Gasteiger partial charge in [0, 0.05) is 0 Å². The smallest absolute Gasteiger partial charge is 0.0965 e. The highest BCUT2D eigenvalue weighted by atomic mass is 15.0. The van der Waals surface area contributed by atoms with Crippen LogP contribution in [0.5, 0.6) is 0 Å². The summed E-state index contributed by atoms with van der Waals surface area (Å²) in [7, 11) is 0. The summed E-state index contributed by atoms with van der Waals surface area (Å²) in [6.45, 7) is 4.60. The van der Waals surface area contributed by atoms with Crippen LogP contribution in [0.3, 0.4) is 0 Å². The first-order valence-corrected chi connectivity index (χ1v) is 15.8. The fourth-order valence-corrected chi connectivity index (χ4v) is 5.77. The van der Waals surface area contributed by atoms with Crippen LogP contribution in [0.2, 0.25) is 0 Å². The van der Waals surface area contributed by atoms with Crippen molar-refractivity contribution >= 4 is 12.4 Å². The summed E-state index contributed by atoms with van der Waals surface area (Å²) < 4.78 is 0. The number of nitrogens with zero attached hydrogens (tertiary/aromatic N) is 2. The molecule has 0 N–H and O–H groups in total. The van der Waals surface area contributed by atoms with E-state index in [0.29, 0.717) is 11.8 Å². The van der Waals surface area contributed by atoms with Gasteiger partial charge in [-0.15, -0.1) is 0 Å². The standard InChI is InChI=1S/C34H57N2/c1-3-5-7-9-11-13-15-17-22-26-32(30-31-24-20-19-21-25-31)33(34-35-28-29-36-34)27-23-18-16-14-12-10-8-6-4-2/h19-21,24-25,28-29,32-33H,3-18,22-23,26-27,30H2,1-2H3/q+1. The zero-order valence-electron chi connectivity index (χ0n) is 23.9. The lowest BCUT2D eigenvalue weighted by Crippen LogP contribution is -2.22. The number of rotatable bonds is 24. The van der Waals surface area contributed by atoms with Gasteiger partial charge in [-0.2, -0.15) is 0 Å². The van der Waals surface area contributed by atoms with Crippen molar-refractivity contribution in [3.8, 4) is 0 Å². The van der Waals surface area contributed by atoms with Crippen molar-refractivity contribution in [3.05, 3.63) is 42.1 Å². The van der Waals surface area contributed by atoms with Gasteiger partial charge in [-0.1, -0.05) is 170 Å². The fourth-order valence-electron chi connectivity index (χ4n) is 5.77. The maximum atomic E-state index is 4.72. The van der Waals surface area contributed by atoms with Gasteiger partial charge in [0.2, 0.25) is 6.17 Å². The van der Waals surface area contributed by atoms with E-state index in [9.17, 15) is 0 Å². The molecule has 0 amide bonds. The molecule has 0 bridgehead atoms. The molecule has 0 saturated carbocycles. The minimum Gasteiger partial charge on any atom is -0.0965 e. The van der Waals surface area contributed by atoms with Crippen molar-refractivity contribution in [2.45, 2.75) is 149 Å². The monoisotopic (exact) mass is 493 g/mol. The van der Waals surface area contributed by atoms with Crippen LogP contribution in [-0.4, -0.2) is 12.4 Å². The molecule has 0 aromatic heterocycles. The Bertz CT molecular complexity index is 653. The van der Waals surface area contributed by atoms with Crippen molar-refractivity contribution in [3.63, 3.8) is 0 Å². The molecule has 1 heterocycles. The third-order valence-electron chi connectivity index (χ3n) is 8.02. The quantitative estimate of drug-likeness (QED) is 0.101. The first-order valence-electron chi connectivity index (χ1n) is 15.8. The lowest BCUT2D eigenvalue weighted by atomic mass is 9.78. The second kappa shape index (κ2) is 21.5. The van der Waals surface area contributed by atoms with Crippen LogP contribution in [0.1, 0.15) is 148 Å². The van der Waals surface area contributed by atoms with E-state index in [1.165, 1.54) is 134 Å². The molecule has 36 heavy (non-hydrogen) atoms. The molecule has 202 valence electrons. The van der Waals surface area contributed by atoms with E-state index in [-0.39, 0.29) is 0 Å². The van der Waals surface area contributed by atoms with Crippen molar-refractivity contribution in [2.24, 2.45) is 21.8 Å². The molecule has 0 radical (unpaired) electrons. The molecule has 2 rings (SSSR count). The molecule has 1 aliphatic heterocycles. The Morgan fingerprint density at radius 2 is 1.00 bits per heavy atom. The Morgan fingerprint density at radius 3 is 1.50 bits per heavy atom. The SMILES string of the molecule is CCCCCCCCCCCC(Cc1ccccc1)C(CCCCCCCCCCC)[C+]1N=CC=N1. The van der Waals surface area contributed by atoms with Crippen LogP contribution in [0.25, 0.3) is 0 Å². The van der Waals surface area contributed by atoms with Gasteiger partial charge in [-0.3, -0.25) is 0 Å². The van der Waals surface area contributed by atoms with Crippen LogP contribution in [0.4, 0.5) is 0 Å². The molecule has 0 saturated heterocycles. The summed E-state index contributed by atoms with van der Waals surface area (Å²) in [4.78, 5) is 9.44. The minimum atomic E-state index is 0.499. The first-order chi connectivity index (χ1) is 17.8. The van der Waals surface area contributed by atoms with Gasteiger partial charge in [-0.25, -0.2) is 0 Å². The molecule has 0 spiro atoms. The number of unbranched alkanes of at least 4 members (excludes halogenated alkanes) is 16. The largest absolute Gasteiger partial charge is 0.244 e. The van der Waals surface area contributed by atoms with Crippen molar-refractivity contribution < 1.29 is 0 Å². The molecule has 2 atom stereocenters.